The van der Waals surface area contributed by atoms with Crippen molar-refractivity contribution in [2.45, 2.75) is 95.7 Å². The smallest absolute Gasteiger partial charge is 0.139 e. The Labute approximate surface area is 132 Å². The topological polar surface area (TPSA) is 41.5 Å². The number of unbranched alkanes of at least 4 members (excludes halogenated alkanes) is 9. The summed E-state index contributed by atoms with van der Waals surface area (Å²) in [5.41, 5.74) is 0. The highest BCUT2D eigenvalue weighted by Crippen LogP contribution is 2.18. The van der Waals surface area contributed by atoms with Crippen LogP contribution in [0.1, 0.15) is 77.6 Å². The van der Waals surface area contributed by atoms with E-state index in [9.17, 15) is 5.11 Å². The van der Waals surface area contributed by atoms with Gasteiger partial charge in [-0.05, 0) is 19.4 Å². The van der Waals surface area contributed by atoms with E-state index in [1.165, 1.54) is 64.2 Å². The fraction of sp³-hybridized carbons (Fsp3) is 1.00. The molecule has 1 aliphatic rings. The van der Waals surface area contributed by atoms with Crippen LogP contribution in [0, 0.1) is 0 Å². The normalized spacial score (nSPS) is 25.5. The summed E-state index contributed by atoms with van der Waals surface area (Å²) in [5, 5.41) is 12.8. The van der Waals surface area contributed by atoms with Gasteiger partial charge < -0.3 is 15.2 Å². The van der Waals surface area contributed by atoms with E-state index in [-0.39, 0.29) is 18.7 Å². The molecule has 0 bridgehead atoms. The minimum Gasteiger partial charge on any atom is -0.394 e. The van der Waals surface area contributed by atoms with Crippen molar-refractivity contribution in [3.8, 4) is 0 Å². The van der Waals surface area contributed by atoms with Gasteiger partial charge >= 0.3 is 0 Å². The summed E-state index contributed by atoms with van der Waals surface area (Å²) in [4.78, 5) is 0. The van der Waals surface area contributed by atoms with Gasteiger partial charge in [0.1, 0.15) is 7.85 Å². The first-order chi connectivity index (χ1) is 10.3. The van der Waals surface area contributed by atoms with E-state index in [4.69, 9.17) is 4.74 Å². The molecule has 1 unspecified atom stereocenters. The van der Waals surface area contributed by atoms with Crippen molar-refractivity contribution in [2.75, 3.05) is 13.2 Å². The first-order valence-electron chi connectivity index (χ1n) is 9.27. The molecule has 3 nitrogen and oxygen atoms in total. The van der Waals surface area contributed by atoms with E-state index >= 15 is 0 Å². The molecule has 1 rings (SSSR count). The van der Waals surface area contributed by atoms with Gasteiger partial charge in [-0.15, -0.1) is 0 Å². The molecule has 0 aliphatic carbocycles. The minimum absolute atomic E-state index is 0.00289. The van der Waals surface area contributed by atoms with Crippen LogP contribution in [0.3, 0.4) is 0 Å². The molecular formula is C17H36BNO2. The maximum absolute atomic E-state index is 9.27. The molecular weight excluding hydrogens is 261 g/mol. The number of hydrogen-bond acceptors (Lipinski definition) is 3. The lowest BCUT2D eigenvalue weighted by molar-refractivity contribution is 0.0334. The van der Waals surface area contributed by atoms with Gasteiger partial charge in [-0.2, -0.15) is 0 Å². The second-order valence-corrected chi connectivity index (χ2v) is 6.65. The van der Waals surface area contributed by atoms with Crippen molar-refractivity contribution >= 4 is 7.85 Å². The molecule has 0 radical (unpaired) electrons. The highest BCUT2D eigenvalue weighted by molar-refractivity contribution is 6.11. The number of hydrogen-bond donors (Lipinski definition) is 2. The SMILES string of the molecule is B[C@H]1CC(NCCCCCCCCCCCC)[C@@H](CO)O1. The molecule has 0 saturated carbocycles. The number of aliphatic hydroxyl groups excluding tert-OH is 1. The van der Waals surface area contributed by atoms with Crippen LogP contribution < -0.4 is 5.32 Å². The van der Waals surface area contributed by atoms with Crippen molar-refractivity contribution in [1.82, 2.24) is 5.32 Å². The number of rotatable bonds is 13. The second kappa shape index (κ2) is 12.5. The van der Waals surface area contributed by atoms with Gasteiger partial charge in [0.05, 0.1) is 12.7 Å². The van der Waals surface area contributed by atoms with Crippen LogP contribution in [-0.2, 0) is 4.74 Å². The third-order valence-electron chi connectivity index (χ3n) is 4.56. The summed E-state index contributed by atoms with van der Waals surface area (Å²) in [6.45, 7) is 3.48. The third kappa shape index (κ3) is 8.85. The summed E-state index contributed by atoms with van der Waals surface area (Å²) in [5.74, 6) is 0. The average molecular weight is 297 g/mol. The van der Waals surface area contributed by atoms with Crippen molar-refractivity contribution in [1.29, 1.82) is 0 Å². The molecule has 1 heterocycles. The fourth-order valence-electron chi connectivity index (χ4n) is 3.24. The Balaban J connectivity index is 1.84. The highest BCUT2D eigenvalue weighted by atomic mass is 16.5. The lowest BCUT2D eigenvalue weighted by Crippen LogP contribution is -2.38. The van der Waals surface area contributed by atoms with Crippen LogP contribution in [0.25, 0.3) is 0 Å². The monoisotopic (exact) mass is 297 g/mol. The van der Waals surface area contributed by atoms with Crippen LogP contribution in [0.5, 0.6) is 0 Å². The largest absolute Gasteiger partial charge is 0.394 e. The van der Waals surface area contributed by atoms with Crippen LogP contribution in [0.15, 0.2) is 0 Å². The van der Waals surface area contributed by atoms with E-state index < -0.39 is 0 Å². The summed E-state index contributed by atoms with van der Waals surface area (Å²) in [7, 11) is 2.09. The van der Waals surface area contributed by atoms with Crippen LogP contribution in [0.2, 0.25) is 0 Å². The standard InChI is InChI=1S/C17H36BNO2/c1-2-3-4-5-6-7-8-9-10-11-12-19-15-13-17(18)21-16(15)14-20/h15-17,19-20H,2-14,18H2,1H3/t15?,16-,17-/m1/s1. The number of aliphatic hydroxyl groups is 1. The van der Waals surface area contributed by atoms with Crippen LogP contribution >= 0.6 is 0 Å². The van der Waals surface area contributed by atoms with Gasteiger partial charge in [0.25, 0.3) is 0 Å². The summed E-state index contributed by atoms with van der Waals surface area (Å²) >= 11 is 0. The van der Waals surface area contributed by atoms with E-state index in [2.05, 4.69) is 20.1 Å². The summed E-state index contributed by atoms with van der Waals surface area (Å²) in [6, 6.07) is 0.635. The van der Waals surface area contributed by atoms with Gasteiger partial charge in [-0.3, -0.25) is 0 Å². The van der Waals surface area contributed by atoms with Gasteiger partial charge in [0.2, 0.25) is 0 Å². The van der Waals surface area contributed by atoms with Crippen molar-refractivity contribution in [3.63, 3.8) is 0 Å². The van der Waals surface area contributed by atoms with Crippen molar-refractivity contribution in [3.05, 3.63) is 0 Å². The Morgan fingerprint density at radius 1 is 1.00 bits per heavy atom. The number of ether oxygens (including phenoxy) is 1. The molecule has 124 valence electrons. The molecule has 0 aromatic carbocycles. The van der Waals surface area contributed by atoms with Crippen LogP contribution in [-0.4, -0.2) is 44.3 Å². The molecule has 4 heteroatoms. The zero-order valence-corrected chi connectivity index (χ0v) is 14.3. The van der Waals surface area contributed by atoms with Gasteiger partial charge in [0.15, 0.2) is 0 Å². The van der Waals surface area contributed by atoms with E-state index in [1.54, 1.807) is 0 Å². The first kappa shape index (κ1) is 19.0. The average Bonchev–Trinajstić information content (AvgIpc) is 2.85. The van der Waals surface area contributed by atoms with Gasteiger partial charge in [0, 0.05) is 12.0 Å². The molecule has 0 spiro atoms. The first-order valence-corrected chi connectivity index (χ1v) is 9.27. The van der Waals surface area contributed by atoms with Crippen molar-refractivity contribution < 1.29 is 9.84 Å². The molecule has 21 heavy (non-hydrogen) atoms. The minimum atomic E-state index is 0.00289. The summed E-state index contributed by atoms with van der Waals surface area (Å²) in [6.07, 6.45) is 14.8. The second-order valence-electron chi connectivity index (χ2n) is 6.65. The Hall–Kier alpha value is -0.0551. The molecule has 0 aromatic heterocycles. The summed E-state index contributed by atoms with van der Waals surface area (Å²) < 4.78 is 5.66. The van der Waals surface area contributed by atoms with Crippen LogP contribution in [0.4, 0.5) is 0 Å². The lowest BCUT2D eigenvalue weighted by Gasteiger charge is -2.17. The van der Waals surface area contributed by atoms with E-state index in [0.717, 1.165) is 13.0 Å². The van der Waals surface area contributed by atoms with Gasteiger partial charge in [-0.25, -0.2) is 0 Å². The third-order valence-corrected chi connectivity index (χ3v) is 4.56. The van der Waals surface area contributed by atoms with E-state index in [1.807, 2.05) is 0 Å². The molecule has 0 aromatic rings. The predicted octanol–water partition coefficient (Wildman–Crippen LogP) is 2.61. The molecule has 2 N–H and O–H groups in total. The Morgan fingerprint density at radius 3 is 2.14 bits per heavy atom. The molecule has 3 atom stereocenters. The molecule has 0 amide bonds. The molecule has 1 aliphatic heterocycles. The fourth-order valence-corrected chi connectivity index (χ4v) is 3.24. The maximum atomic E-state index is 9.27. The van der Waals surface area contributed by atoms with E-state index in [0.29, 0.717) is 6.04 Å². The predicted molar refractivity (Wildman–Crippen MR) is 92.5 cm³/mol. The lowest BCUT2D eigenvalue weighted by atomic mass is 9.95. The molecule has 1 fully saturated rings. The van der Waals surface area contributed by atoms with Gasteiger partial charge in [-0.1, -0.05) is 64.7 Å². The van der Waals surface area contributed by atoms with Crippen molar-refractivity contribution in [2.24, 2.45) is 0 Å². The maximum Gasteiger partial charge on any atom is 0.139 e. The number of nitrogens with one attached hydrogen (secondary N) is 1. The Morgan fingerprint density at radius 2 is 1.57 bits per heavy atom. The quantitative estimate of drug-likeness (QED) is 0.405. The molecule has 1 saturated heterocycles. The zero-order valence-electron chi connectivity index (χ0n) is 14.3. The zero-order chi connectivity index (χ0) is 15.3. The Bertz CT molecular complexity index is 241. The Kier molecular flexibility index (Phi) is 11.3. The highest BCUT2D eigenvalue weighted by Gasteiger charge is 2.31.